The monoisotopic (exact) mass is 258 g/mol. The molecule has 0 amide bonds. The summed E-state index contributed by atoms with van der Waals surface area (Å²) < 4.78 is 5.13. The molecule has 19 heavy (non-hydrogen) atoms. The van der Waals surface area contributed by atoms with Gasteiger partial charge in [-0.05, 0) is 56.0 Å². The van der Waals surface area contributed by atoms with E-state index in [-0.39, 0.29) is 5.41 Å². The first-order chi connectivity index (χ1) is 9.06. The van der Waals surface area contributed by atoms with Gasteiger partial charge in [0.25, 0.3) is 0 Å². The third-order valence-corrected chi connectivity index (χ3v) is 3.98. The number of benzene rings is 1. The van der Waals surface area contributed by atoms with E-state index in [1.165, 1.54) is 22.3 Å². The molecule has 3 nitrogen and oxygen atoms in total. The molecular weight excluding hydrogens is 236 g/mol. The first-order valence-corrected chi connectivity index (χ1v) is 6.83. The minimum absolute atomic E-state index is 0.280. The fraction of sp³-hybridized carbons (Fsp3) is 0.562. The number of rotatable bonds is 5. The molecule has 2 rings (SSSR count). The number of hydrogen-bond donors (Lipinski definition) is 1. The van der Waals surface area contributed by atoms with Gasteiger partial charge < -0.3 is 10.1 Å². The molecule has 0 bridgehead atoms. The highest BCUT2D eigenvalue weighted by Crippen LogP contribution is 2.25. The van der Waals surface area contributed by atoms with E-state index in [1.807, 2.05) is 0 Å². The van der Waals surface area contributed by atoms with Gasteiger partial charge in [-0.2, -0.15) is 5.26 Å². The van der Waals surface area contributed by atoms with Gasteiger partial charge in [0.15, 0.2) is 0 Å². The van der Waals surface area contributed by atoms with Gasteiger partial charge in [0.2, 0.25) is 0 Å². The summed E-state index contributed by atoms with van der Waals surface area (Å²) >= 11 is 0. The molecule has 0 aromatic heterocycles. The Hall–Kier alpha value is -1.37. The average molecular weight is 258 g/mol. The van der Waals surface area contributed by atoms with Crippen molar-refractivity contribution >= 4 is 0 Å². The topological polar surface area (TPSA) is 45.0 Å². The van der Waals surface area contributed by atoms with Gasteiger partial charge in [-0.1, -0.05) is 12.1 Å². The largest absolute Gasteiger partial charge is 0.378 e. The van der Waals surface area contributed by atoms with Crippen LogP contribution in [-0.4, -0.2) is 26.3 Å². The van der Waals surface area contributed by atoms with Crippen LogP contribution in [0.15, 0.2) is 12.1 Å². The van der Waals surface area contributed by atoms with Crippen molar-refractivity contribution in [3.8, 4) is 6.07 Å². The maximum Gasteiger partial charge on any atom is 0.116 e. The standard InChI is InChI=1S/C16H22N2O/c1-12-6-14(3)15(7-13(12)2)4-5-18-9-16(8-17)10-19-11-16/h6-7,18H,4-5,9-11H2,1-3H3. The Morgan fingerprint density at radius 3 is 2.47 bits per heavy atom. The first kappa shape index (κ1) is 14.0. The lowest BCUT2D eigenvalue weighted by Crippen LogP contribution is -2.48. The predicted octanol–water partition coefficient (Wildman–Crippen LogP) is 2.28. The Morgan fingerprint density at radius 1 is 1.21 bits per heavy atom. The molecule has 3 heteroatoms. The molecule has 1 N–H and O–H groups in total. The number of nitriles is 1. The van der Waals surface area contributed by atoms with Crippen LogP contribution in [0.25, 0.3) is 0 Å². The Balaban J connectivity index is 1.83. The summed E-state index contributed by atoms with van der Waals surface area (Å²) in [4.78, 5) is 0. The molecule has 1 fully saturated rings. The van der Waals surface area contributed by atoms with E-state index in [1.54, 1.807) is 0 Å². The molecule has 0 unspecified atom stereocenters. The van der Waals surface area contributed by atoms with Crippen molar-refractivity contribution in [3.05, 3.63) is 34.4 Å². The summed E-state index contributed by atoms with van der Waals surface area (Å²) in [6, 6.07) is 6.88. The number of aryl methyl sites for hydroxylation is 3. The van der Waals surface area contributed by atoms with Crippen LogP contribution in [0.2, 0.25) is 0 Å². The number of ether oxygens (including phenoxy) is 1. The Labute approximate surface area is 115 Å². The summed E-state index contributed by atoms with van der Waals surface area (Å²) in [6.07, 6.45) is 1.01. The first-order valence-electron chi connectivity index (χ1n) is 6.83. The lowest BCUT2D eigenvalue weighted by Gasteiger charge is -2.35. The van der Waals surface area contributed by atoms with E-state index >= 15 is 0 Å². The lowest BCUT2D eigenvalue weighted by molar-refractivity contribution is -0.0752. The summed E-state index contributed by atoms with van der Waals surface area (Å²) in [5, 5.41) is 12.5. The fourth-order valence-corrected chi connectivity index (χ4v) is 2.39. The minimum atomic E-state index is -0.280. The van der Waals surface area contributed by atoms with Crippen LogP contribution >= 0.6 is 0 Å². The number of nitrogens with zero attached hydrogens (tertiary/aromatic N) is 1. The highest BCUT2D eigenvalue weighted by atomic mass is 16.5. The van der Waals surface area contributed by atoms with Gasteiger partial charge in [-0.3, -0.25) is 0 Å². The van der Waals surface area contributed by atoms with Crippen molar-refractivity contribution in [1.82, 2.24) is 5.32 Å². The van der Waals surface area contributed by atoms with E-state index in [2.05, 4.69) is 44.3 Å². The van der Waals surface area contributed by atoms with Gasteiger partial charge in [0.1, 0.15) is 5.41 Å². The number of hydrogen-bond acceptors (Lipinski definition) is 3. The molecule has 0 radical (unpaired) electrons. The molecule has 0 atom stereocenters. The van der Waals surface area contributed by atoms with Crippen molar-refractivity contribution in [2.75, 3.05) is 26.3 Å². The van der Waals surface area contributed by atoms with Gasteiger partial charge in [-0.25, -0.2) is 0 Å². The highest BCUT2D eigenvalue weighted by Gasteiger charge is 2.38. The van der Waals surface area contributed by atoms with Crippen LogP contribution in [0.4, 0.5) is 0 Å². The Morgan fingerprint density at radius 2 is 1.89 bits per heavy atom. The van der Waals surface area contributed by atoms with Gasteiger partial charge >= 0.3 is 0 Å². The molecule has 1 heterocycles. The molecule has 1 aliphatic rings. The molecule has 0 spiro atoms. The number of nitrogens with one attached hydrogen (secondary N) is 1. The smallest absolute Gasteiger partial charge is 0.116 e. The Bertz CT molecular complexity index is 498. The van der Waals surface area contributed by atoms with E-state index < -0.39 is 0 Å². The van der Waals surface area contributed by atoms with Crippen LogP contribution in [0, 0.1) is 37.5 Å². The molecular formula is C16H22N2O. The van der Waals surface area contributed by atoms with E-state index in [4.69, 9.17) is 10.00 Å². The summed E-state index contributed by atoms with van der Waals surface area (Å²) in [6.45, 7) is 9.25. The van der Waals surface area contributed by atoms with Crippen molar-refractivity contribution in [1.29, 1.82) is 5.26 Å². The lowest BCUT2D eigenvalue weighted by atomic mass is 9.88. The minimum Gasteiger partial charge on any atom is -0.378 e. The fourth-order valence-electron chi connectivity index (χ4n) is 2.39. The molecule has 0 aliphatic carbocycles. The zero-order valence-electron chi connectivity index (χ0n) is 12.0. The second-order valence-electron chi connectivity index (χ2n) is 5.67. The third-order valence-electron chi connectivity index (χ3n) is 3.98. The van der Waals surface area contributed by atoms with Crippen molar-refractivity contribution < 1.29 is 4.74 Å². The maximum absolute atomic E-state index is 9.09. The predicted molar refractivity (Wildman–Crippen MR) is 76.1 cm³/mol. The van der Waals surface area contributed by atoms with Gasteiger partial charge in [0, 0.05) is 6.54 Å². The van der Waals surface area contributed by atoms with Crippen LogP contribution in [0.3, 0.4) is 0 Å². The summed E-state index contributed by atoms with van der Waals surface area (Å²) in [5.74, 6) is 0. The van der Waals surface area contributed by atoms with Crippen LogP contribution in [0.1, 0.15) is 22.3 Å². The average Bonchev–Trinajstić information content (AvgIpc) is 2.33. The third kappa shape index (κ3) is 3.15. The molecule has 102 valence electrons. The van der Waals surface area contributed by atoms with Crippen molar-refractivity contribution in [3.63, 3.8) is 0 Å². The van der Waals surface area contributed by atoms with E-state index in [9.17, 15) is 0 Å². The molecule has 1 aromatic rings. The van der Waals surface area contributed by atoms with E-state index in [0.717, 1.165) is 19.5 Å². The van der Waals surface area contributed by atoms with Crippen LogP contribution in [0.5, 0.6) is 0 Å². The van der Waals surface area contributed by atoms with Crippen molar-refractivity contribution in [2.45, 2.75) is 27.2 Å². The maximum atomic E-state index is 9.09. The molecule has 1 saturated heterocycles. The molecule has 0 saturated carbocycles. The van der Waals surface area contributed by atoms with Crippen molar-refractivity contribution in [2.24, 2.45) is 5.41 Å². The second kappa shape index (κ2) is 5.73. The van der Waals surface area contributed by atoms with Crippen LogP contribution in [-0.2, 0) is 11.2 Å². The highest BCUT2D eigenvalue weighted by molar-refractivity contribution is 5.36. The quantitative estimate of drug-likeness (QED) is 0.824. The van der Waals surface area contributed by atoms with Crippen LogP contribution < -0.4 is 5.32 Å². The summed E-state index contributed by atoms with van der Waals surface area (Å²) in [5.41, 5.74) is 5.17. The summed E-state index contributed by atoms with van der Waals surface area (Å²) in [7, 11) is 0. The Kier molecular flexibility index (Phi) is 4.24. The molecule has 1 aliphatic heterocycles. The van der Waals surface area contributed by atoms with E-state index in [0.29, 0.717) is 13.2 Å². The molecule has 1 aromatic carbocycles. The zero-order valence-corrected chi connectivity index (χ0v) is 12.0. The van der Waals surface area contributed by atoms with Gasteiger partial charge in [-0.15, -0.1) is 0 Å². The zero-order chi connectivity index (χ0) is 13.9. The second-order valence-corrected chi connectivity index (χ2v) is 5.67. The van der Waals surface area contributed by atoms with Gasteiger partial charge in [0.05, 0.1) is 19.3 Å². The SMILES string of the molecule is Cc1cc(C)c(CCNCC2(C#N)COC2)cc1C. The normalized spacial score (nSPS) is 16.7.